The molecule has 0 unspecified atom stereocenters. The molecular formula is C21H25NO4. The molecule has 0 bridgehead atoms. The fraction of sp³-hybridized carbons (Fsp3) is 0.333. The number of benzene rings is 2. The number of rotatable bonds is 9. The summed E-state index contributed by atoms with van der Waals surface area (Å²) < 4.78 is 10.6. The Kier molecular flexibility index (Phi) is 7.68. The third-order valence-corrected chi connectivity index (χ3v) is 3.85. The van der Waals surface area contributed by atoms with E-state index in [2.05, 4.69) is 5.32 Å². The minimum Gasteiger partial charge on any atom is -0.493 e. The van der Waals surface area contributed by atoms with Crippen molar-refractivity contribution in [2.75, 3.05) is 19.8 Å². The van der Waals surface area contributed by atoms with Crippen molar-refractivity contribution < 1.29 is 19.1 Å². The molecule has 0 heterocycles. The van der Waals surface area contributed by atoms with Gasteiger partial charge in [-0.15, -0.1) is 0 Å². The van der Waals surface area contributed by atoms with E-state index >= 15 is 0 Å². The molecule has 0 atom stereocenters. The maximum Gasteiger partial charge on any atom is 0.309 e. The second-order valence-corrected chi connectivity index (χ2v) is 6.11. The number of carbonyl (C=O) groups is 2. The predicted octanol–water partition coefficient (Wildman–Crippen LogP) is 2.97. The van der Waals surface area contributed by atoms with Crippen molar-refractivity contribution in [1.29, 1.82) is 0 Å². The highest BCUT2D eigenvalue weighted by Crippen LogP contribution is 2.19. The highest BCUT2D eigenvalue weighted by Gasteiger charge is 2.08. The lowest BCUT2D eigenvalue weighted by Crippen LogP contribution is -2.30. The second kappa shape index (κ2) is 10.2. The van der Waals surface area contributed by atoms with Crippen LogP contribution in [0.4, 0.5) is 0 Å². The number of aryl methyl sites for hydroxylation is 2. The normalized spacial score (nSPS) is 10.2. The second-order valence-electron chi connectivity index (χ2n) is 6.11. The van der Waals surface area contributed by atoms with Crippen LogP contribution in [0.2, 0.25) is 0 Å². The quantitative estimate of drug-likeness (QED) is 0.703. The minimum atomic E-state index is -0.450. The average molecular weight is 355 g/mol. The monoisotopic (exact) mass is 355 g/mol. The van der Waals surface area contributed by atoms with Crippen LogP contribution in [0.3, 0.4) is 0 Å². The average Bonchev–Trinajstić information content (AvgIpc) is 2.64. The van der Waals surface area contributed by atoms with Crippen LogP contribution in [0.15, 0.2) is 48.5 Å². The Balaban J connectivity index is 1.59. The van der Waals surface area contributed by atoms with Gasteiger partial charge in [0.25, 0.3) is 5.91 Å². The highest BCUT2D eigenvalue weighted by molar-refractivity contribution is 5.80. The summed E-state index contributed by atoms with van der Waals surface area (Å²) in [7, 11) is 0. The molecule has 0 radical (unpaired) electrons. The highest BCUT2D eigenvalue weighted by atomic mass is 16.5. The van der Waals surface area contributed by atoms with E-state index in [1.54, 1.807) is 0 Å². The number of nitrogens with one attached hydrogen (secondary N) is 1. The minimum absolute atomic E-state index is 0.102. The zero-order chi connectivity index (χ0) is 18.8. The van der Waals surface area contributed by atoms with Crippen molar-refractivity contribution in [3.8, 4) is 5.75 Å². The van der Waals surface area contributed by atoms with Crippen molar-refractivity contribution in [3.05, 3.63) is 65.2 Å². The summed E-state index contributed by atoms with van der Waals surface area (Å²) in [6.45, 7) is 4.40. The molecule has 0 fully saturated rings. The van der Waals surface area contributed by atoms with Gasteiger partial charge in [-0.25, -0.2) is 0 Å². The first-order valence-electron chi connectivity index (χ1n) is 8.71. The van der Waals surface area contributed by atoms with Gasteiger partial charge >= 0.3 is 5.97 Å². The fourth-order valence-corrected chi connectivity index (χ4v) is 2.37. The van der Waals surface area contributed by atoms with Crippen LogP contribution in [0.25, 0.3) is 0 Å². The molecule has 1 N–H and O–H groups in total. The van der Waals surface area contributed by atoms with Crippen LogP contribution in [0, 0.1) is 13.8 Å². The molecule has 5 nitrogen and oxygen atoms in total. The molecule has 0 saturated carbocycles. The maximum absolute atomic E-state index is 11.7. The summed E-state index contributed by atoms with van der Waals surface area (Å²) in [4.78, 5) is 23.4. The van der Waals surface area contributed by atoms with Crippen molar-refractivity contribution in [2.24, 2.45) is 0 Å². The van der Waals surface area contributed by atoms with Crippen LogP contribution >= 0.6 is 0 Å². The first-order chi connectivity index (χ1) is 12.5. The summed E-state index contributed by atoms with van der Waals surface area (Å²) in [6.07, 6.45) is 0.842. The lowest BCUT2D eigenvalue weighted by molar-refractivity contribution is -0.149. The molecular weight excluding hydrogens is 330 g/mol. The van der Waals surface area contributed by atoms with E-state index < -0.39 is 5.97 Å². The zero-order valence-electron chi connectivity index (χ0n) is 15.3. The molecule has 0 spiro atoms. The van der Waals surface area contributed by atoms with Gasteiger partial charge < -0.3 is 14.8 Å². The van der Waals surface area contributed by atoms with Gasteiger partial charge in [-0.1, -0.05) is 42.5 Å². The summed E-state index contributed by atoms with van der Waals surface area (Å²) in [5, 5.41) is 2.73. The van der Waals surface area contributed by atoms with Crippen molar-refractivity contribution in [1.82, 2.24) is 5.32 Å². The Labute approximate surface area is 154 Å². The molecule has 0 saturated heterocycles. The third-order valence-electron chi connectivity index (χ3n) is 3.85. The van der Waals surface area contributed by atoms with E-state index in [4.69, 9.17) is 9.47 Å². The number of hydrogen-bond acceptors (Lipinski definition) is 4. The van der Waals surface area contributed by atoms with Crippen LogP contribution in [0.1, 0.15) is 23.1 Å². The number of carbonyl (C=O) groups excluding carboxylic acids is 2. The van der Waals surface area contributed by atoms with Crippen LogP contribution in [-0.2, 0) is 20.7 Å². The lowest BCUT2D eigenvalue weighted by atomic mass is 10.1. The van der Waals surface area contributed by atoms with Crippen LogP contribution in [-0.4, -0.2) is 31.6 Å². The largest absolute Gasteiger partial charge is 0.493 e. The molecule has 0 aliphatic carbocycles. The SMILES string of the molecule is Cc1ccc(C)c(OCCC(=O)OCC(=O)NCCc2ccccc2)c1. The Morgan fingerprint density at radius 1 is 1.04 bits per heavy atom. The first-order valence-corrected chi connectivity index (χ1v) is 8.71. The van der Waals surface area contributed by atoms with Gasteiger partial charge in [0.15, 0.2) is 6.61 Å². The van der Waals surface area contributed by atoms with E-state index in [0.717, 1.165) is 28.9 Å². The standard InChI is InChI=1S/C21H25NO4/c1-16-8-9-17(2)19(14-16)25-13-11-21(24)26-15-20(23)22-12-10-18-6-4-3-5-7-18/h3-9,14H,10-13,15H2,1-2H3,(H,22,23). The van der Waals surface area contributed by atoms with Gasteiger partial charge in [0.1, 0.15) is 5.75 Å². The van der Waals surface area contributed by atoms with Crippen molar-refractivity contribution in [2.45, 2.75) is 26.7 Å². The van der Waals surface area contributed by atoms with Crippen molar-refractivity contribution >= 4 is 11.9 Å². The first kappa shape index (κ1) is 19.5. The summed E-state index contributed by atoms with van der Waals surface area (Å²) >= 11 is 0. The van der Waals surface area contributed by atoms with E-state index in [0.29, 0.717) is 6.54 Å². The van der Waals surface area contributed by atoms with Gasteiger partial charge in [0.2, 0.25) is 0 Å². The van der Waals surface area contributed by atoms with E-state index in [1.807, 2.05) is 62.4 Å². The number of esters is 1. The Morgan fingerprint density at radius 2 is 1.81 bits per heavy atom. The molecule has 2 aromatic carbocycles. The Morgan fingerprint density at radius 3 is 2.58 bits per heavy atom. The molecule has 138 valence electrons. The molecule has 2 aromatic rings. The summed E-state index contributed by atoms with van der Waals surface area (Å²) in [5.41, 5.74) is 3.26. The number of amides is 1. The van der Waals surface area contributed by atoms with Crippen molar-refractivity contribution in [3.63, 3.8) is 0 Å². The number of hydrogen-bond donors (Lipinski definition) is 1. The molecule has 26 heavy (non-hydrogen) atoms. The smallest absolute Gasteiger partial charge is 0.309 e. The van der Waals surface area contributed by atoms with Gasteiger partial charge in [0, 0.05) is 6.54 Å². The summed E-state index contributed by atoms with van der Waals surface area (Å²) in [5.74, 6) is 0.00898. The Hall–Kier alpha value is -2.82. The lowest BCUT2D eigenvalue weighted by Gasteiger charge is -2.10. The van der Waals surface area contributed by atoms with E-state index in [9.17, 15) is 9.59 Å². The molecule has 1 amide bonds. The Bertz CT molecular complexity index is 728. The van der Waals surface area contributed by atoms with Crippen LogP contribution < -0.4 is 10.1 Å². The fourth-order valence-electron chi connectivity index (χ4n) is 2.37. The third kappa shape index (κ3) is 6.97. The molecule has 0 aliphatic rings. The molecule has 0 aliphatic heterocycles. The molecule has 5 heteroatoms. The predicted molar refractivity (Wildman–Crippen MR) is 100 cm³/mol. The van der Waals surface area contributed by atoms with E-state index in [1.165, 1.54) is 0 Å². The van der Waals surface area contributed by atoms with E-state index in [-0.39, 0.29) is 25.5 Å². The topological polar surface area (TPSA) is 64.6 Å². The molecule has 0 aromatic heterocycles. The maximum atomic E-state index is 11.7. The molecule has 2 rings (SSSR count). The van der Waals surface area contributed by atoms with Gasteiger partial charge in [-0.2, -0.15) is 0 Å². The zero-order valence-corrected chi connectivity index (χ0v) is 15.3. The summed E-state index contributed by atoms with van der Waals surface area (Å²) in [6, 6.07) is 15.8. The van der Waals surface area contributed by atoms with Gasteiger partial charge in [-0.05, 0) is 43.0 Å². The van der Waals surface area contributed by atoms with Gasteiger partial charge in [-0.3, -0.25) is 9.59 Å². The van der Waals surface area contributed by atoms with Gasteiger partial charge in [0.05, 0.1) is 13.0 Å². The number of ether oxygens (including phenoxy) is 2. The van der Waals surface area contributed by atoms with Crippen LogP contribution in [0.5, 0.6) is 5.75 Å².